The maximum absolute atomic E-state index is 12.5. The molecule has 0 aromatic heterocycles. The molecule has 1 aromatic rings. The molecule has 0 unspecified atom stereocenters. The molecule has 3 aliphatic carbocycles. The van der Waals surface area contributed by atoms with Gasteiger partial charge in [0.25, 0.3) is 0 Å². The van der Waals surface area contributed by atoms with E-state index in [1.165, 1.54) is 44.1 Å². The minimum atomic E-state index is -0.601. The van der Waals surface area contributed by atoms with Gasteiger partial charge in [0, 0.05) is 24.4 Å². The Labute approximate surface area is 156 Å². The van der Waals surface area contributed by atoms with Crippen LogP contribution in [0, 0.1) is 17.3 Å². The monoisotopic (exact) mass is 353 g/mol. The Bertz CT molecular complexity index is 707. The van der Waals surface area contributed by atoms with Crippen LogP contribution < -0.4 is 0 Å². The molecular formula is C23H31NO2. The third-order valence-electron chi connectivity index (χ3n) is 7.41. The van der Waals surface area contributed by atoms with Crippen molar-refractivity contribution in [2.45, 2.75) is 69.8 Å². The molecule has 3 nitrogen and oxygen atoms in total. The van der Waals surface area contributed by atoms with E-state index in [4.69, 9.17) is 0 Å². The second-order valence-corrected chi connectivity index (χ2v) is 10.1. The van der Waals surface area contributed by atoms with E-state index in [1.807, 2.05) is 6.92 Å². The lowest BCUT2D eigenvalue weighted by Crippen LogP contribution is -2.61. The molecule has 3 heteroatoms. The van der Waals surface area contributed by atoms with E-state index in [0.717, 1.165) is 24.9 Å². The number of rotatable bonds is 4. The van der Waals surface area contributed by atoms with Crippen LogP contribution in [-0.2, 0) is 11.2 Å². The van der Waals surface area contributed by atoms with Crippen molar-refractivity contribution in [3.63, 3.8) is 0 Å². The number of amides is 1. The van der Waals surface area contributed by atoms with Crippen molar-refractivity contribution in [2.75, 3.05) is 13.1 Å². The van der Waals surface area contributed by atoms with Gasteiger partial charge in [0.1, 0.15) is 0 Å². The number of hydrogen-bond acceptors (Lipinski definition) is 2. The van der Waals surface area contributed by atoms with Crippen LogP contribution >= 0.6 is 0 Å². The minimum absolute atomic E-state index is 0.0738. The van der Waals surface area contributed by atoms with Crippen LogP contribution in [-0.4, -0.2) is 34.6 Å². The molecule has 1 N–H and O–H groups in total. The fourth-order valence-corrected chi connectivity index (χ4v) is 5.87. The quantitative estimate of drug-likeness (QED) is 0.892. The maximum atomic E-state index is 12.5. The zero-order chi connectivity index (χ0) is 17.9. The molecule has 1 atom stereocenters. The number of benzene rings is 1. The zero-order valence-electron chi connectivity index (χ0n) is 15.9. The van der Waals surface area contributed by atoms with Crippen molar-refractivity contribution in [3.05, 3.63) is 35.4 Å². The zero-order valence-corrected chi connectivity index (χ0v) is 15.9. The fraction of sp³-hybridized carbons (Fsp3) is 0.696. The van der Waals surface area contributed by atoms with E-state index in [2.05, 4.69) is 29.2 Å². The van der Waals surface area contributed by atoms with Crippen LogP contribution in [0.15, 0.2) is 24.3 Å². The van der Waals surface area contributed by atoms with Gasteiger partial charge in [0.2, 0.25) is 5.91 Å². The summed E-state index contributed by atoms with van der Waals surface area (Å²) in [7, 11) is 0. The first-order chi connectivity index (χ1) is 12.4. The Morgan fingerprint density at radius 1 is 1.19 bits per heavy atom. The number of nitrogens with zero attached hydrogens (tertiary/aromatic N) is 1. The second kappa shape index (κ2) is 5.82. The summed E-state index contributed by atoms with van der Waals surface area (Å²) < 4.78 is 0. The van der Waals surface area contributed by atoms with Gasteiger partial charge in [-0.2, -0.15) is 0 Å². The van der Waals surface area contributed by atoms with Crippen LogP contribution in [0.25, 0.3) is 0 Å². The Balaban J connectivity index is 1.14. The molecule has 1 spiro atoms. The summed E-state index contributed by atoms with van der Waals surface area (Å²) in [5, 5.41) is 9.87. The van der Waals surface area contributed by atoms with Crippen molar-refractivity contribution in [1.29, 1.82) is 0 Å². The predicted octanol–water partition coefficient (Wildman–Crippen LogP) is 3.90. The van der Waals surface area contributed by atoms with Gasteiger partial charge in [0.05, 0.1) is 5.60 Å². The average Bonchev–Trinajstić information content (AvgIpc) is 3.32. The van der Waals surface area contributed by atoms with E-state index in [9.17, 15) is 9.90 Å². The molecule has 0 radical (unpaired) electrons. The molecule has 1 heterocycles. The van der Waals surface area contributed by atoms with Crippen LogP contribution in [0.2, 0.25) is 0 Å². The van der Waals surface area contributed by atoms with E-state index < -0.39 is 5.60 Å². The maximum Gasteiger partial charge on any atom is 0.225 e. The SMILES string of the molecule is CC1(O)CC(C(=O)N2CC3(CC[C@H](Cc4cccc(C5CC5)c4)C3)C2)C1. The summed E-state index contributed by atoms with van der Waals surface area (Å²) in [5.74, 6) is 1.99. The van der Waals surface area contributed by atoms with Crippen molar-refractivity contribution in [3.8, 4) is 0 Å². The first-order valence-corrected chi connectivity index (χ1v) is 10.5. The molecule has 1 saturated heterocycles. The third-order valence-corrected chi connectivity index (χ3v) is 7.41. The van der Waals surface area contributed by atoms with Crippen LogP contribution in [0.5, 0.6) is 0 Å². The van der Waals surface area contributed by atoms with Gasteiger partial charge < -0.3 is 10.0 Å². The molecule has 4 aliphatic rings. The van der Waals surface area contributed by atoms with Gasteiger partial charge in [-0.25, -0.2) is 0 Å². The molecule has 140 valence electrons. The second-order valence-electron chi connectivity index (χ2n) is 10.1. The highest BCUT2D eigenvalue weighted by Crippen LogP contribution is 2.50. The van der Waals surface area contributed by atoms with Crippen LogP contribution in [0.1, 0.15) is 68.9 Å². The summed E-state index contributed by atoms with van der Waals surface area (Å²) in [5.41, 5.74) is 2.87. The number of hydrogen-bond donors (Lipinski definition) is 1. The first kappa shape index (κ1) is 16.8. The van der Waals surface area contributed by atoms with E-state index in [1.54, 1.807) is 5.56 Å². The lowest BCUT2D eigenvalue weighted by atomic mass is 9.69. The van der Waals surface area contributed by atoms with E-state index in [0.29, 0.717) is 24.2 Å². The molecule has 1 aliphatic heterocycles. The van der Waals surface area contributed by atoms with E-state index in [-0.39, 0.29) is 5.92 Å². The Kier molecular flexibility index (Phi) is 3.76. The van der Waals surface area contributed by atoms with Crippen LogP contribution in [0.3, 0.4) is 0 Å². The topological polar surface area (TPSA) is 40.5 Å². The average molecular weight is 354 g/mol. The highest BCUT2D eigenvalue weighted by Gasteiger charge is 2.52. The Morgan fingerprint density at radius 3 is 2.65 bits per heavy atom. The van der Waals surface area contributed by atoms with Gasteiger partial charge in [-0.1, -0.05) is 24.3 Å². The van der Waals surface area contributed by atoms with Gasteiger partial charge in [-0.05, 0) is 81.3 Å². The highest BCUT2D eigenvalue weighted by molar-refractivity contribution is 5.81. The molecule has 5 rings (SSSR count). The van der Waals surface area contributed by atoms with Crippen molar-refractivity contribution < 1.29 is 9.90 Å². The molecule has 4 fully saturated rings. The predicted molar refractivity (Wildman–Crippen MR) is 102 cm³/mol. The summed E-state index contributed by atoms with van der Waals surface area (Å²) in [6.45, 7) is 3.76. The largest absolute Gasteiger partial charge is 0.390 e. The summed E-state index contributed by atoms with van der Waals surface area (Å²) in [6, 6.07) is 9.28. The highest BCUT2D eigenvalue weighted by atomic mass is 16.3. The van der Waals surface area contributed by atoms with Crippen LogP contribution in [0.4, 0.5) is 0 Å². The number of carbonyl (C=O) groups is 1. The normalized spacial score (nSPS) is 35.2. The van der Waals surface area contributed by atoms with E-state index >= 15 is 0 Å². The number of carbonyl (C=O) groups excluding carboxylic acids is 1. The summed E-state index contributed by atoms with van der Waals surface area (Å²) in [6.07, 6.45) is 9.13. The van der Waals surface area contributed by atoms with Gasteiger partial charge in [0.15, 0.2) is 0 Å². The van der Waals surface area contributed by atoms with Crippen molar-refractivity contribution in [1.82, 2.24) is 4.90 Å². The smallest absolute Gasteiger partial charge is 0.225 e. The molecule has 3 saturated carbocycles. The van der Waals surface area contributed by atoms with Crippen molar-refractivity contribution in [2.24, 2.45) is 17.3 Å². The lowest BCUT2D eigenvalue weighted by Gasteiger charge is -2.52. The third kappa shape index (κ3) is 3.09. The molecule has 1 amide bonds. The van der Waals surface area contributed by atoms with Gasteiger partial charge >= 0.3 is 0 Å². The van der Waals surface area contributed by atoms with Gasteiger partial charge in [-0.15, -0.1) is 0 Å². The van der Waals surface area contributed by atoms with Gasteiger partial charge in [-0.3, -0.25) is 4.79 Å². The molecule has 1 aromatic carbocycles. The minimum Gasteiger partial charge on any atom is -0.390 e. The number of aliphatic hydroxyl groups is 1. The Morgan fingerprint density at radius 2 is 1.96 bits per heavy atom. The summed E-state index contributed by atoms with van der Waals surface area (Å²) in [4.78, 5) is 14.6. The molecular weight excluding hydrogens is 322 g/mol. The fourth-order valence-electron chi connectivity index (χ4n) is 5.87. The standard InChI is InChI=1S/C23H31NO2/c1-22(26)12-20(13-22)21(25)24-14-23(15-24)8-7-17(11-23)9-16-3-2-4-19(10-16)18-5-6-18/h2-4,10,17-18,20,26H,5-9,11-15H2,1H3/t17-,20?,22?/m1/s1. The number of likely N-dealkylation sites (tertiary alicyclic amines) is 1. The summed E-state index contributed by atoms with van der Waals surface area (Å²) >= 11 is 0. The lowest BCUT2D eigenvalue weighted by molar-refractivity contribution is -0.161. The molecule has 26 heavy (non-hydrogen) atoms. The van der Waals surface area contributed by atoms with Crippen molar-refractivity contribution >= 4 is 5.91 Å². The Hall–Kier alpha value is -1.35. The first-order valence-electron chi connectivity index (χ1n) is 10.5. The molecule has 0 bridgehead atoms.